The summed E-state index contributed by atoms with van der Waals surface area (Å²) in [6.45, 7) is 0. The molecule has 3 nitrogen and oxygen atoms in total. The molecule has 0 N–H and O–H groups in total. The summed E-state index contributed by atoms with van der Waals surface area (Å²) in [5.41, 5.74) is 0. The van der Waals surface area contributed by atoms with Gasteiger partial charge in [0, 0.05) is 0 Å². The van der Waals surface area contributed by atoms with Crippen LogP contribution in [-0.4, -0.2) is 70.1 Å². The number of carbonyl (C=O) groups is 1. The second-order valence-electron chi connectivity index (χ2n) is 0.250. The van der Waals surface area contributed by atoms with Crippen LogP contribution < -0.4 is 10.2 Å². The van der Waals surface area contributed by atoms with E-state index in [9.17, 15) is 0 Å². The third-order valence-corrected chi connectivity index (χ3v) is 0. The Morgan fingerprint density at radius 3 is 1.33 bits per heavy atom. The van der Waals surface area contributed by atoms with Crippen molar-refractivity contribution in [2.45, 2.75) is 0 Å². The van der Waals surface area contributed by atoms with Crippen LogP contribution in [0.5, 0.6) is 0 Å². The predicted octanol–water partition coefficient (Wildman–Crippen LogP) is -3.21. The summed E-state index contributed by atoms with van der Waals surface area (Å²) in [6.07, 6.45) is -2.33. The van der Waals surface area contributed by atoms with Gasteiger partial charge >= 0.3 is 63.9 Å². The van der Waals surface area contributed by atoms with E-state index >= 15 is 0 Å². The summed E-state index contributed by atoms with van der Waals surface area (Å²) >= 11 is 0. The minimum atomic E-state index is -2.33. The van der Waals surface area contributed by atoms with Crippen molar-refractivity contribution in [3.63, 3.8) is 0 Å². The van der Waals surface area contributed by atoms with Gasteiger partial charge in [-0.15, -0.1) is 0 Å². The van der Waals surface area contributed by atoms with Crippen LogP contribution in [0.25, 0.3) is 0 Å². The molecule has 0 heterocycles. The number of carboxylic acid groups (broad SMARTS) is 2. The first-order valence-corrected chi connectivity index (χ1v) is 0.612. The van der Waals surface area contributed by atoms with Gasteiger partial charge in [-0.2, -0.15) is 0 Å². The van der Waals surface area contributed by atoms with Gasteiger partial charge in [-0.3, -0.25) is 0 Å². The SMILES string of the molecule is O=C([O-])[O-].[Bi+3].[Ca+2]. The van der Waals surface area contributed by atoms with Crippen LogP contribution in [0.3, 0.4) is 0 Å². The Morgan fingerprint density at radius 1 is 1.33 bits per heavy atom. The van der Waals surface area contributed by atoms with Gasteiger partial charge < -0.3 is 15.0 Å². The molecule has 0 saturated heterocycles. The third kappa shape index (κ3) is 52.8. The summed E-state index contributed by atoms with van der Waals surface area (Å²) in [5, 5.41) is 16.7. The number of hydrogen-bond donors (Lipinski definition) is 0. The van der Waals surface area contributed by atoms with Crippen molar-refractivity contribution in [3.05, 3.63) is 0 Å². The molecule has 0 saturated carbocycles. The van der Waals surface area contributed by atoms with Crippen molar-refractivity contribution in [3.8, 4) is 0 Å². The molecule has 0 spiro atoms. The van der Waals surface area contributed by atoms with E-state index < -0.39 is 6.16 Å². The maximum absolute atomic E-state index is 8.33. The van der Waals surface area contributed by atoms with Gasteiger partial charge in [0.2, 0.25) is 0 Å². The predicted molar refractivity (Wildman–Crippen MR) is 16.9 cm³/mol. The van der Waals surface area contributed by atoms with Gasteiger partial charge in [-0.05, 0) is 6.16 Å². The monoisotopic (exact) mass is 309 g/mol. The van der Waals surface area contributed by atoms with Crippen LogP contribution >= 0.6 is 0 Å². The summed E-state index contributed by atoms with van der Waals surface area (Å²) in [4.78, 5) is 8.33. The molecule has 0 fully saturated rings. The average molecular weight is 309 g/mol. The molecule has 26 valence electrons. The van der Waals surface area contributed by atoms with E-state index in [0.29, 0.717) is 0 Å². The maximum Gasteiger partial charge on any atom is 3.00 e. The molecule has 0 atom stereocenters. The topological polar surface area (TPSA) is 63.2 Å². The molecule has 0 aliphatic heterocycles. The second kappa shape index (κ2) is 9.65. The van der Waals surface area contributed by atoms with Gasteiger partial charge in [-0.1, -0.05) is 0 Å². The number of rotatable bonds is 0. The Labute approximate surface area is 83.9 Å². The molecule has 0 bridgehead atoms. The van der Waals surface area contributed by atoms with Crippen molar-refractivity contribution in [2.24, 2.45) is 0 Å². The zero-order valence-electron chi connectivity index (χ0n) is 2.88. The molecule has 0 unspecified atom stereocenters. The van der Waals surface area contributed by atoms with Crippen LogP contribution in [0, 0.1) is 0 Å². The van der Waals surface area contributed by atoms with Gasteiger partial charge in [0.25, 0.3) is 0 Å². The summed E-state index contributed by atoms with van der Waals surface area (Å²) in [5.74, 6) is 0. The minimum absolute atomic E-state index is 0. The van der Waals surface area contributed by atoms with Crippen LogP contribution in [0.15, 0.2) is 0 Å². The van der Waals surface area contributed by atoms with Gasteiger partial charge in [-0.25, -0.2) is 0 Å². The van der Waals surface area contributed by atoms with Crippen molar-refractivity contribution < 1.29 is 15.0 Å². The second-order valence-corrected chi connectivity index (χ2v) is 0.250. The standard InChI is InChI=1S/CH2O3.Bi.Ca/c2-1(3)4;;/h(H2,2,3,4);;/q;+3;+2/p-2. The van der Waals surface area contributed by atoms with E-state index in [1.54, 1.807) is 0 Å². The van der Waals surface area contributed by atoms with Gasteiger partial charge in [0.05, 0.1) is 0 Å². The largest absolute Gasteiger partial charge is 3.00 e. The van der Waals surface area contributed by atoms with E-state index in [1.807, 2.05) is 0 Å². The zero-order valence-corrected chi connectivity index (χ0v) is 8.56. The molecule has 0 aliphatic carbocycles. The van der Waals surface area contributed by atoms with E-state index in [1.165, 1.54) is 0 Å². The minimum Gasteiger partial charge on any atom is -0.652 e. The first-order valence-electron chi connectivity index (χ1n) is 0.612. The molecule has 0 aromatic carbocycles. The molecule has 0 aromatic rings. The third-order valence-electron chi connectivity index (χ3n) is 0. The molecular formula is CBiCaO3+3. The number of carbonyl (C=O) groups excluding carboxylic acids is 1. The van der Waals surface area contributed by atoms with Crippen molar-refractivity contribution in [1.82, 2.24) is 0 Å². The first-order chi connectivity index (χ1) is 1.73. The molecule has 0 rings (SSSR count). The van der Waals surface area contributed by atoms with E-state index in [2.05, 4.69) is 0 Å². The molecule has 5 heteroatoms. The fraction of sp³-hybridized carbons (Fsp3) is 0. The molecule has 0 aliphatic rings. The van der Waals surface area contributed by atoms with Crippen molar-refractivity contribution in [1.29, 1.82) is 0 Å². The van der Waals surface area contributed by atoms with E-state index in [-0.39, 0.29) is 63.9 Å². The molecule has 2 radical (unpaired) electrons. The van der Waals surface area contributed by atoms with Crippen LogP contribution in [0.1, 0.15) is 0 Å². The Morgan fingerprint density at radius 2 is 1.33 bits per heavy atom. The smallest absolute Gasteiger partial charge is 0.652 e. The van der Waals surface area contributed by atoms with Crippen molar-refractivity contribution >= 4 is 70.1 Å². The Balaban J connectivity index is -0.0000000450. The zero-order chi connectivity index (χ0) is 3.58. The Kier molecular flexibility index (Phi) is 25.2. The normalized spacial score (nSPS) is 4.00. The van der Waals surface area contributed by atoms with Crippen LogP contribution in [0.4, 0.5) is 4.79 Å². The average Bonchev–Trinajstić information content (AvgIpc) is 0.811. The summed E-state index contributed by atoms with van der Waals surface area (Å²) in [7, 11) is 0. The van der Waals surface area contributed by atoms with Gasteiger partial charge in [0.1, 0.15) is 0 Å². The van der Waals surface area contributed by atoms with E-state index in [0.717, 1.165) is 0 Å². The summed E-state index contributed by atoms with van der Waals surface area (Å²) in [6, 6.07) is 0. The maximum atomic E-state index is 8.33. The summed E-state index contributed by atoms with van der Waals surface area (Å²) < 4.78 is 0. The first kappa shape index (κ1) is 15.7. The molecular weight excluding hydrogens is 309 g/mol. The van der Waals surface area contributed by atoms with Gasteiger partial charge in [0.15, 0.2) is 0 Å². The van der Waals surface area contributed by atoms with Crippen LogP contribution in [-0.2, 0) is 0 Å². The Hall–Kier alpha value is 1.41. The quantitative estimate of drug-likeness (QED) is 0.443. The van der Waals surface area contributed by atoms with Crippen molar-refractivity contribution in [2.75, 3.05) is 0 Å². The molecule has 0 aromatic heterocycles. The van der Waals surface area contributed by atoms with Crippen LogP contribution in [0.2, 0.25) is 0 Å². The fourth-order valence-corrected chi connectivity index (χ4v) is 0. The molecule has 6 heavy (non-hydrogen) atoms. The fourth-order valence-electron chi connectivity index (χ4n) is 0. The Bertz CT molecular complexity index is 33.8. The number of hydrogen-bond acceptors (Lipinski definition) is 3. The molecule has 0 amide bonds. The van der Waals surface area contributed by atoms with E-state index in [4.69, 9.17) is 15.0 Å².